The van der Waals surface area contributed by atoms with Crippen LogP contribution >= 0.6 is 34.8 Å². The maximum atomic E-state index is 12.1. The average molecular weight is 478 g/mol. The summed E-state index contributed by atoms with van der Waals surface area (Å²) in [6.07, 6.45) is 1.47. The number of hydrogen-bond acceptors (Lipinski definition) is 3. The molecule has 0 spiro atoms. The van der Waals surface area contributed by atoms with Gasteiger partial charge in [-0.3, -0.25) is 9.59 Å². The van der Waals surface area contributed by atoms with Gasteiger partial charge in [0, 0.05) is 32.7 Å². The van der Waals surface area contributed by atoms with Gasteiger partial charge in [0.25, 0.3) is 0 Å². The second-order valence-electron chi connectivity index (χ2n) is 6.87. The normalized spacial score (nSPS) is 11.0. The van der Waals surface area contributed by atoms with Crippen LogP contribution in [0, 0.1) is 20.8 Å². The van der Waals surface area contributed by atoms with Gasteiger partial charge in [0.15, 0.2) is 0 Å². The van der Waals surface area contributed by atoms with Crippen LogP contribution in [0.4, 0.5) is 5.69 Å². The molecule has 0 saturated carbocycles. The first-order valence-corrected chi connectivity index (χ1v) is 10.4. The number of anilines is 1. The number of benzene rings is 2. The molecular formula is C22H19Cl3N4O2. The Labute approximate surface area is 194 Å². The Morgan fingerprint density at radius 2 is 1.61 bits per heavy atom. The molecule has 3 rings (SSSR count). The molecule has 1 aromatic heterocycles. The van der Waals surface area contributed by atoms with Crippen molar-refractivity contribution >= 4 is 58.5 Å². The lowest BCUT2D eigenvalue weighted by molar-refractivity contribution is -0.136. The average Bonchev–Trinajstić information content (AvgIpc) is 2.98. The fourth-order valence-corrected chi connectivity index (χ4v) is 3.74. The number of carbonyl (C=O) groups is 2. The third-order valence-electron chi connectivity index (χ3n) is 4.64. The van der Waals surface area contributed by atoms with E-state index in [9.17, 15) is 9.59 Å². The van der Waals surface area contributed by atoms with Crippen LogP contribution in [0.5, 0.6) is 0 Å². The molecular weight excluding hydrogens is 459 g/mol. The van der Waals surface area contributed by atoms with Crippen LogP contribution in [0.3, 0.4) is 0 Å². The highest BCUT2D eigenvalue weighted by Crippen LogP contribution is 2.28. The molecule has 0 aliphatic rings. The third-order valence-corrected chi connectivity index (χ3v) is 5.42. The Balaban J connectivity index is 1.72. The zero-order chi connectivity index (χ0) is 22.7. The number of amides is 2. The topological polar surface area (TPSA) is 75.5 Å². The van der Waals surface area contributed by atoms with E-state index in [1.54, 1.807) is 37.3 Å². The van der Waals surface area contributed by atoms with Gasteiger partial charge in [0.2, 0.25) is 0 Å². The van der Waals surface area contributed by atoms with E-state index in [1.165, 1.54) is 6.21 Å². The number of aromatic nitrogens is 1. The highest BCUT2D eigenvalue weighted by molar-refractivity contribution is 6.40. The van der Waals surface area contributed by atoms with Gasteiger partial charge >= 0.3 is 11.8 Å². The fraction of sp³-hybridized carbons (Fsp3) is 0.136. The molecule has 0 radical (unpaired) electrons. The van der Waals surface area contributed by atoms with Crippen molar-refractivity contribution in [2.24, 2.45) is 5.10 Å². The predicted molar refractivity (Wildman–Crippen MR) is 126 cm³/mol. The molecule has 6 nitrogen and oxygen atoms in total. The molecule has 0 unspecified atom stereocenters. The number of carbonyl (C=O) groups excluding carboxylic acids is 2. The SMILES string of the molecule is Cc1ccc(Cl)cc1NC(=O)C(=O)N/N=C\c1cc(C)n(-c2ccc(Cl)cc2Cl)c1C. The first kappa shape index (κ1) is 22.9. The zero-order valence-electron chi connectivity index (χ0n) is 17.0. The number of hydrogen-bond donors (Lipinski definition) is 2. The molecule has 1 heterocycles. The lowest BCUT2D eigenvalue weighted by atomic mass is 10.2. The van der Waals surface area contributed by atoms with Crippen LogP contribution in [0.1, 0.15) is 22.5 Å². The van der Waals surface area contributed by atoms with E-state index in [0.717, 1.165) is 28.2 Å². The Morgan fingerprint density at radius 3 is 2.32 bits per heavy atom. The summed E-state index contributed by atoms with van der Waals surface area (Å²) in [4.78, 5) is 24.2. The van der Waals surface area contributed by atoms with Crippen molar-refractivity contribution in [3.63, 3.8) is 0 Å². The molecule has 0 bridgehead atoms. The lowest BCUT2D eigenvalue weighted by Crippen LogP contribution is -2.32. The minimum absolute atomic E-state index is 0.454. The van der Waals surface area contributed by atoms with Crippen LogP contribution < -0.4 is 10.7 Å². The molecule has 2 N–H and O–H groups in total. The molecule has 0 fully saturated rings. The van der Waals surface area contributed by atoms with Crippen molar-refractivity contribution in [3.05, 3.63) is 80.0 Å². The molecule has 9 heteroatoms. The van der Waals surface area contributed by atoms with Gasteiger partial charge in [-0.15, -0.1) is 0 Å². The van der Waals surface area contributed by atoms with Crippen LogP contribution in [0.2, 0.25) is 15.1 Å². The molecule has 3 aromatic rings. The van der Waals surface area contributed by atoms with E-state index >= 15 is 0 Å². The molecule has 31 heavy (non-hydrogen) atoms. The summed E-state index contributed by atoms with van der Waals surface area (Å²) in [5.41, 5.74) is 6.79. The van der Waals surface area contributed by atoms with Crippen LogP contribution in [0.25, 0.3) is 5.69 Å². The number of rotatable bonds is 4. The number of halogens is 3. The summed E-state index contributed by atoms with van der Waals surface area (Å²) in [6, 6.07) is 12.2. The summed E-state index contributed by atoms with van der Waals surface area (Å²) in [5, 5.41) is 7.94. The Bertz CT molecular complexity index is 1200. The van der Waals surface area contributed by atoms with Crippen molar-refractivity contribution in [2.75, 3.05) is 5.32 Å². The predicted octanol–water partition coefficient (Wildman–Crippen LogP) is 5.45. The molecule has 0 atom stereocenters. The second kappa shape index (κ2) is 9.56. The third kappa shape index (κ3) is 5.28. The van der Waals surface area contributed by atoms with E-state index in [4.69, 9.17) is 34.8 Å². The van der Waals surface area contributed by atoms with E-state index in [-0.39, 0.29) is 0 Å². The minimum Gasteiger partial charge on any atom is -0.317 e. The van der Waals surface area contributed by atoms with Gasteiger partial charge in [-0.2, -0.15) is 5.10 Å². The molecule has 160 valence electrons. The first-order valence-electron chi connectivity index (χ1n) is 9.22. The number of nitrogens with zero attached hydrogens (tertiary/aromatic N) is 2. The smallest absolute Gasteiger partial charge is 0.317 e. The zero-order valence-corrected chi connectivity index (χ0v) is 19.2. The summed E-state index contributed by atoms with van der Waals surface area (Å²) < 4.78 is 1.95. The highest BCUT2D eigenvalue weighted by Gasteiger charge is 2.15. The Kier molecular flexibility index (Phi) is 7.05. The number of aryl methyl sites for hydroxylation is 2. The molecule has 0 aliphatic heterocycles. The molecule has 2 aromatic carbocycles. The fourth-order valence-electron chi connectivity index (χ4n) is 3.07. The Morgan fingerprint density at radius 1 is 0.935 bits per heavy atom. The van der Waals surface area contributed by atoms with E-state index < -0.39 is 11.8 Å². The largest absolute Gasteiger partial charge is 0.329 e. The maximum Gasteiger partial charge on any atom is 0.329 e. The van der Waals surface area contributed by atoms with Gasteiger partial charge in [0.05, 0.1) is 16.9 Å². The summed E-state index contributed by atoms with van der Waals surface area (Å²) in [5.74, 6) is -1.74. The van der Waals surface area contributed by atoms with Gasteiger partial charge in [-0.05, 0) is 62.7 Å². The summed E-state index contributed by atoms with van der Waals surface area (Å²) >= 11 is 18.3. The summed E-state index contributed by atoms with van der Waals surface area (Å²) in [6.45, 7) is 5.62. The molecule has 0 aliphatic carbocycles. The van der Waals surface area contributed by atoms with Crippen molar-refractivity contribution in [2.45, 2.75) is 20.8 Å². The lowest BCUT2D eigenvalue weighted by Gasteiger charge is -2.11. The van der Waals surface area contributed by atoms with E-state index in [2.05, 4.69) is 15.8 Å². The van der Waals surface area contributed by atoms with E-state index in [0.29, 0.717) is 20.8 Å². The quantitative estimate of drug-likeness (QED) is 0.298. The van der Waals surface area contributed by atoms with Crippen LogP contribution in [-0.2, 0) is 9.59 Å². The van der Waals surface area contributed by atoms with Crippen molar-refractivity contribution in [1.29, 1.82) is 0 Å². The van der Waals surface area contributed by atoms with Gasteiger partial charge < -0.3 is 9.88 Å². The molecule has 0 saturated heterocycles. The monoisotopic (exact) mass is 476 g/mol. The molecule has 2 amide bonds. The number of hydrazone groups is 1. The highest BCUT2D eigenvalue weighted by atomic mass is 35.5. The first-order chi connectivity index (χ1) is 14.7. The van der Waals surface area contributed by atoms with Gasteiger partial charge in [-0.1, -0.05) is 40.9 Å². The maximum absolute atomic E-state index is 12.1. The summed E-state index contributed by atoms with van der Waals surface area (Å²) in [7, 11) is 0. The van der Waals surface area contributed by atoms with Crippen LogP contribution in [-0.4, -0.2) is 22.6 Å². The Hall–Kier alpha value is -2.80. The van der Waals surface area contributed by atoms with E-state index in [1.807, 2.05) is 30.5 Å². The number of nitrogens with one attached hydrogen (secondary N) is 2. The van der Waals surface area contributed by atoms with Crippen LogP contribution in [0.15, 0.2) is 47.6 Å². The van der Waals surface area contributed by atoms with Crippen molar-refractivity contribution in [1.82, 2.24) is 9.99 Å². The minimum atomic E-state index is -0.898. The standard InChI is InChI=1S/C22H19Cl3N4O2/c1-12-4-5-17(24)10-19(12)27-21(30)22(31)28-26-11-15-8-13(2)29(14(15)3)20-7-6-16(23)9-18(20)25/h4-11H,1-3H3,(H,27,30)(H,28,31)/b26-11-. The van der Waals surface area contributed by atoms with Crippen molar-refractivity contribution < 1.29 is 9.59 Å². The van der Waals surface area contributed by atoms with Gasteiger partial charge in [-0.25, -0.2) is 5.43 Å². The van der Waals surface area contributed by atoms with Gasteiger partial charge in [0.1, 0.15) is 0 Å². The second-order valence-corrected chi connectivity index (χ2v) is 8.15. The van der Waals surface area contributed by atoms with Crippen molar-refractivity contribution in [3.8, 4) is 5.69 Å².